The second-order valence-electron chi connectivity index (χ2n) is 13.9. The summed E-state index contributed by atoms with van der Waals surface area (Å²) in [5.74, 6) is 0.740. The van der Waals surface area contributed by atoms with Crippen LogP contribution in [0.1, 0.15) is 51.2 Å². The van der Waals surface area contributed by atoms with Crippen LogP contribution in [0.25, 0.3) is 16.7 Å². The number of hydrogen-bond acceptors (Lipinski definition) is 6. The average molecular weight is 707 g/mol. The van der Waals surface area contributed by atoms with Gasteiger partial charge in [0.2, 0.25) is 0 Å². The number of ether oxygens (including phenoxy) is 3. The number of morpholine rings is 1. The smallest absolute Gasteiger partial charge is 0.410 e. The van der Waals surface area contributed by atoms with Gasteiger partial charge in [-0.25, -0.2) is 4.79 Å². The predicted octanol–water partition coefficient (Wildman–Crippen LogP) is 7.96. The summed E-state index contributed by atoms with van der Waals surface area (Å²) in [6.07, 6.45) is 1.94. The molecule has 2 aliphatic heterocycles. The first-order chi connectivity index (χ1) is 23.6. The molecule has 0 atom stereocenters. The molecule has 2 heterocycles. The van der Waals surface area contributed by atoms with Crippen molar-refractivity contribution in [3.63, 3.8) is 0 Å². The Morgan fingerprint density at radius 2 is 1.63 bits per heavy atom. The van der Waals surface area contributed by atoms with Gasteiger partial charge in [-0.3, -0.25) is 9.69 Å². The fraction of sp³-hybridized carbons (Fsp3) is 0.436. The Bertz CT molecular complexity index is 1680. The van der Waals surface area contributed by atoms with Gasteiger partial charge < -0.3 is 24.0 Å². The maximum atomic E-state index is 14.6. The van der Waals surface area contributed by atoms with E-state index >= 15 is 0 Å². The molecule has 8 nitrogen and oxygen atoms in total. The first kappa shape index (κ1) is 35.3. The van der Waals surface area contributed by atoms with Crippen molar-refractivity contribution in [2.75, 3.05) is 52.5 Å². The number of benzene rings is 3. The van der Waals surface area contributed by atoms with Gasteiger partial charge in [0.05, 0.1) is 29.8 Å². The summed E-state index contributed by atoms with van der Waals surface area (Å²) in [7, 11) is 0. The molecule has 1 saturated carbocycles. The van der Waals surface area contributed by atoms with E-state index in [-0.39, 0.29) is 18.5 Å². The third kappa shape index (κ3) is 9.17. The normalized spacial score (nSPS) is 17.2. The Kier molecular flexibility index (Phi) is 11.2. The van der Waals surface area contributed by atoms with Crippen LogP contribution in [0.4, 0.5) is 4.79 Å². The minimum atomic E-state index is -0.647. The highest BCUT2D eigenvalue weighted by Gasteiger charge is 2.38. The highest BCUT2D eigenvalue weighted by atomic mass is 35.5. The average Bonchev–Trinajstić information content (AvgIpc) is 3.94. The topological polar surface area (TPSA) is 71.5 Å². The van der Waals surface area contributed by atoms with E-state index in [9.17, 15) is 9.59 Å². The van der Waals surface area contributed by atoms with Crippen molar-refractivity contribution in [1.29, 1.82) is 0 Å². The number of carbonyl (C=O) groups excluding carboxylic acids is 2. The molecular weight excluding hydrogens is 661 g/mol. The molecular formula is C39H45Cl2N3O5. The zero-order chi connectivity index (χ0) is 34.5. The van der Waals surface area contributed by atoms with Crippen LogP contribution in [0.3, 0.4) is 0 Å². The fourth-order valence-electron chi connectivity index (χ4n) is 6.29. The van der Waals surface area contributed by atoms with Gasteiger partial charge in [0, 0.05) is 44.3 Å². The molecule has 49 heavy (non-hydrogen) atoms. The van der Waals surface area contributed by atoms with Gasteiger partial charge in [-0.1, -0.05) is 65.7 Å². The molecule has 3 aliphatic rings. The van der Waals surface area contributed by atoms with Crippen LogP contribution < -0.4 is 4.74 Å². The lowest BCUT2D eigenvalue weighted by Crippen LogP contribution is -2.44. The lowest BCUT2D eigenvalue weighted by Gasteiger charge is -2.34. The van der Waals surface area contributed by atoms with Crippen LogP contribution in [0, 0.1) is 0 Å². The van der Waals surface area contributed by atoms with Crippen molar-refractivity contribution in [3.8, 4) is 16.9 Å². The van der Waals surface area contributed by atoms with Gasteiger partial charge in [-0.2, -0.15) is 0 Å². The van der Waals surface area contributed by atoms with Crippen molar-refractivity contribution in [1.82, 2.24) is 14.7 Å². The minimum absolute atomic E-state index is 0.0919. The molecule has 3 aromatic carbocycles. The minimum Gasteiger partial charge on any atom is -0.492 e. The second-order valence-corrected chi connectivity index (χ2v) is 14.7. The van der Waals surface area contributed by atoms with Crippen LogP contribution in [-0.2, 0) is 20.8 Å². The van der Waals surface area contributed by atoms with E-state index in [1.165, 1.54) is 0 Å². The SMILES string of the molecule is CC(C)(C)OC(=O)N1CCC(c2cccc(-c3ccc(OCCN4CCOCC4)cc3)c2)=C(C(=O)N(Cc2cccc(Cl)c2Cl)C2CC2)C1. The molecule has 0 bridgehead atoms. The van der Waals surface area contributed by atoms with Gasteiger partial charge in [0.25, 0.3) is 5.91 Å². The fourth-order valence-corrected chi connectivity index (χ4v) is 6.67. The van der Waals surface area contributed by atoms with E-state index in [1.807, 2.05) is 62.1 Å². The largest absolute Gasteiger partial charge is 0.492 e. The molecule has 0 aromatic heterocycles. The summed E-state index contributed by atoms with van der Waals surface area (Å²) in [5, 5.41) is 0.914. The molecule has 0 radical (unpaired) electrons. The monoisotopic (exact) mass is 705 g/mol. The highest BCUT2D eigenvalue weighted by Crippen LogP contribution is 2.37. The standard InChI is InChI=1S/C39H45Cl2N3O5/c1-39(2,3)49-38(46)43-17-16-33(34(26-43)37(45)44(31-12-13-31)25-30-8-5-9-35(40)36(30)41)29-7-4-6-28(24-29)27-10-14-32(15-11-27)48-23-20-42-18-21-47-22-19-42/h4-11,14-15,24,31H,12-13,16-23,25-26H2,1-3H3. The Hall–Kier alpha value is -3.56. The van der Waals surface area contributed by atoms with E-state index in [2.05, 4.69) is 29.2 Å². The number of amides is 2. The number of hydrogen-bond donors (Lipinski definition) is 0. The summed E-state index contributed by atoms with van der Waals surface area (Å²) in [5.41, 5.74) is 4.75. The number of rotatable bonds is 10. The van der Waals surface area contributed by atoms with Crippen molar-refractivity contribution < 1.29 is 23.8 Å². The van der Waals surface area contributed by atoms with Gasteiger partial charge >= 0.3 is 6.09 Å². The van der Waals surface area contributed by atoms with E-state index < -0.39 is 11.7 Å². The summed E-state index contributed by atoms with van der Waals surface area (Å²) in [6, 6.07) is 22.0. The van der Waals surface area contributed by atoms with Gasteiger partial charge in [-0.15, -0.1) is 0 Å². The molecule has 1 saturated heterocycles. The first-order valence-electron chi connectivity index (χ1n) is 17.1. The third-order valence-electron chi connectivity index (χ3n) is 9.05. The Labute approximate surface area is 299 Å². The second kappa shape index (κ2) is 15.5. The quantitative estimate of drug-likeness (QED) is 0.213. The van der Waals surface area contributed by atoms with E-state index in [0.29, 0.717) is 41.7 Å². The van der Waals surface area contributed by atoms with Crippen LogP contribution in [0.2, 0.25) is 10.0 Å². The van der Waals surface area contributed by atoms with Crippen LogP contribution >= 0.6 is 23.2 Å². The molecule has 10 heteroatoms. The van der Waals surface area contributed by atoms with E-state index in [4.69, 9.17) is 37.4 Å². The summed E-state index contributed by atoms with van der Waals surface area (Å²) in [4.78, 5) is 33.7. The van der Waals surface area contributed by atoms with Crippen molar-refractivity contribution in [3.05, 3.63) is 93.5 Å². The molecule has 3 aromatic rings. The first-order valence-corrected chi connectivity index (χ1v) is 17.9. The van der Waals surface area contributed by atoms with E-state index in [0.717, 1.165) is 79.3 Å². The Morgan fingerprint density at radius 1 is 0.918 bits per heavy atom. The van der Waals surface area contributed by atoms with Gasteiger partial charge in [0.1, 0.15) is 18.0 Å². The summed E-state index contributed by atoms with van der Waals surface area (Å²) in [6.45, 7) is 11.4. The number of halogens is 2. The maximum Gasteiger partial charge on any atom is 0.410 e. The molecule has 0 N–H and O–H groups in total. The van der Waals surface area contributed by atoms with Gasteiger partial charge in [0.15, 0.2) is 0 Å². The van der Waals surface area contributed by atoms with Crippen molar-refractivity contribution >= 4 is 40.8 Å². The molecule has 0 spiro atoms. The molecule has 1 aliphatic carbocycles. The molecule has 2 amide bonds. The highest BCUT2D eigenvalue weighted by molar-refractivity contribution is 6.42. The Balaban J connectivity index is 1.26. The lowest BCUT2D eigenvalue weighted by molar-refractivity contribution is -0.128. The summed E-state index contributed by atoms with van der Waals surface area (Å²) < 4.78 is 17.2. The van der Waals surface area contributed by atoms with Crippen molar-refractivity contribution in [2.45, 2.75) is 58.2 Å². The zero-order valence-corrected chi connectivity index (χ0v) is 30.1. The molecule has 260 valence electrons. The third-order valence-corrected chi connectivity index (χ3v) is 9.91. The lowest BCUT2D eigenvalue weighted by atomic mass is 9.90. The van der Waals surface area contributed by atoms with Gasteiger partial charge in [-0.05, 0) is 92.1 Å². The van der Waals surface area contributed by atoms with Crippen molar-refractivity contribution in [2.24, 2.45) is 0 Å². The van der Waals surface area contributed by atoms with Crippen LogP contribution in [-0.4, -0.2) is 90.9 Å². The Morgan fingerprint density at radius 3 is 2.35 bits per heavy atom. The van der Waals surface area contributed by atoms with Crippen LogP contribution in [0.15, 0.2) is 72.3 Å². The summed E-state index contributed by atoms with van der Waals surface area (Å²) >= 11 is 12.9. The number of nitrogens with zero attached hydrogens (tertiary/aromatic N) is 3. The molecule has 6 rings (SSSR count). The predicted molar refractivity (Wildman–Crippen MR) is 194 cm³/mol. The van der Waals surface area contributed by atoms with Crippen LogP contribution in [0.5, 0.6) is 5.75 Å². The molecule has 2 fully saturated rings. The van der Waals surface area contributed by atoms with E-state index in [1.54, 1.807) is 11.0 Å². The molecule has 0 unspecified atom stereocenters. The maximum absolute atomic E-state index is 14.6. The zero-order valence-electron chi connectivity index (χ0n) is 28.6. The number of carbonyl (C=O) groups is 2.